The zero-order valence-electron chi connectivity index (χ0n) is 20.0. The molecule has 0 spiro atoms. The molecule has 1 amide bonds. The predicted molar refractivity (Wildman–Crippen MR) is 140 cm³/mol. The highest BCUT2D eigenvalue weighted by atomic mass is 35.5. The Hall–Kier alpha value is -3.23. The van der Waals surface area contributed by atoms with Gasteiger partial charge in [-0.1, -0.05) is 54.1 Å². The Morgan fingerprint density at radius 2 is 1.71 bits per heavy atom. The summed E-state index contributed by atoms with van der Waals surface area (Å²) < 4.78 is 1.66. The van der Waals surface area contributed by atoms with E-state index in [4.69, 9.17) is 11.6 Å². The minimum absolute atomic E-state index is 0.256. The first-order chi connectivity index (χ1) is 16.9. The number of halogens is 1. The molecule has 1 N–H and O–H groups in total. The van der Waals surface area contributed by atoms with E-state index in [2.05, 4.69) is 32.5 Å². The fourth-order valence-electron chi connectivity index (χ4n) is 3.61. The zero-order valence-corrected chi connectivity index (χ0v) is 21.5. The number of nitrogens with zero attached hydrogens (tertiary/aromatic N) is 5. The van der Waals surface area contributed by atoms with Crippen molar-refractivity contribution in [3.05, 3.63) is 88.0 Å². The average molecular weight is 507 g/mol. The van der Waals surface area contributed by atoms with Gasteiger partial charge < -0.3 is 5.32 Å². The molecule has 0 aliphatic heterocycles. The third-order valence-electron chi connectivity index (χ3n) is 5.38. The molecule has 0 fully saturated rings. The van der Waals surface area contributed by atoms with E-state index in [0.717, 1.165) is 36.3 Å². The third-order valence-corrected chi connectivity index (χ3v) is 6.49. The van der Waals surface area contributed by atoms with Crippen molar-refractivity contribution in [3.63, 3.8) is 0 Å². The van der Waals surface area contributed by atoms with Crippen LogP contribution in [0, 0.1) is 13.8 Å². The maximum atomic E-state index is 13.2. The van der Waals surface area contributed by atoms with Crippen molar-refractivity contribution in [2.24, 2.45) is 0 Å². The number of thioether (sulfide) groups is 1. The van der Waals surface area contributed by atoms with Gasteiger partial charge in [-0.3, -0.25) is 4.79 Å². The molecule has 0 unspecified atom stereocenters. The molecule has 0 aliphatic carbocycles. The summed E-state index contributed by atoms with van der Waals surface area (Å²) in [6.45, 7) is 6.04. The Balaban J connectivity index is 1.60. The van der Waals surface area contributed by atoms with Crippen molar-refractivity contribution in [2.45, 2.75) is 50.9 Å². The summed E-state index contributed by atoms with van der Waals surface area (Å²) >= 11 is 7.50. The van der Waals surface area contributed by atoms with Crippen molar-refractivity contribution >= 4 is 35.0 Å². The molecule has 35 heavy (non-hydrogen) atoms. The SMILES string of the molecule is CCCCc1ccc(NC(=O)c2nnn(-c3ccc(Cl)cc3)c2CSc2nc(C)cc(C)n2)cc1. The van der Waals surface area contributed by atoms with Crippen LogP contribution in [-0.2, 0) is 12.2 Å². The zero-order chi connectivity index (χ0) is 24.8. The number of nitrogens with one attached hydrogen (secondary N) is 1. The van der Waals surface area contributed by atoms with Gasteiger partial charge in [-0.2, -0.15) is 0 Å². The molecule has 0 saturated heterocycles. The Kier molecular flexibility index (Phi) is 8.15. The van der Waals surface area contributed by atoms with E-state index in [9.17, 15) is 4.79 Å². The highest BCUT2D eigenvalue weighted by molar-refractivity contribution is 7.98. The summed E-state index contributed by atoms with van der Waals surface area (Å²) in [7, 11) is 0. The number of carbonyl (C=O) groups is 1. The number of hydrogen-bond acceptors (Lipinski definition) is 6. The first-order valence-electron chi connectivity index (χ1n) is 11.5. The molecule has 0 bridgehead atoms. The molecule has 180 valence electrons. The van der Waals surface area contributed by atoms with Crippen molar-refractivity contribution in [3.8, 4) is 5.69 Å². The molecule has 4 aromatic rings. The number of amides is 1. The Morgan fingerprint density at radius 1 is 1.03 bits per heavy atom. The second kappa shape index (κ2) is 11.5. The standard InChI is InChI=1S/C26H27ClN6OS/c1-4-5-6-19-7-11-21(12-8-19)30-25(34)24-23(16-35-26-28-17(2)15-18(3)29-26)33(32-31-24)22-13-9-20(27)10-14-22/h7-15H,4-6,16H2,1-3H3,(H,30,34). The number of unbranched alkanes of at least 4 members (excludes halogenated alkanes) is 1. The second-order valence-corrected chi connectivity index (χ2v) is 9.63. The fraction of sp³-hybridized carbons (Fsp3) is 0.269. The van der Waals surface area contributed by atoms with Gasteiger partial charge >= 0.3 is 0 Å². The van der Waals surface area contributed by atoms with Crippen molar-refractivity contribution in [1.29, 1.82) is 0 Å². The van der Waals surface area contributed by atoms with Gasteiger partial charge in [0.25, 0.3) is 5.91 Å². The molecular weight excluding hydrogens is 480 g/mol. The topological polar surface area (TPSA) is 85.6 Å². The molecule has 9 heteroatoms. The Morgan fingerprint density at radius 3 is 2.37 bits per heavy atom. The van der Waals surface area contributed by atoms with Crippen LogP contribution in [0.1, 0.15) is 52.9 Å². The number of carbonyl (C=O) groups excluding carboxylic acids is 1. The van der Waals surface area contributed by atoms with Crippen molar-refractivity contribution in [1.82, 2.24) is 25.0 Å². The van der Waals surface area contributed by atoms with Gasteiger partial charge in [-0.25, -0.2) is 14.6 Å². The third kappa shape index (κ3) is 6.46. The number of aryl methyl sites for hydroxylation is 3. The normalized spacial score (nSPS) is 11.0. The van der Waals surface area contributed by atoms with Crippen LogP contribution < -0.4 is 5.32 Å². The largest absolute Gasteiger partial charge is 0.321 e. The van der Waals surface area contributed by atoms with Crippen LogP contribution in [0.3, 0.4) is 0 Å². The van der Waals surface area contributed by atoms with Crippen LogP contribution in [0.4, 0.5) is 5.69 Å². The molecule has 2 heterocycles. The van der Waals surface area contributed by atoms with Gasteiger partial charge in [0.1, 0.15) is 0 Å². The lowest BCUT2D eigenvalue weighted by atomic mass is 10.1. The molecule has 2 aromatic heterocycles. The second-order valence-electron chi connectivity index (χ2n) is 8.25. The molecule has 0 saturated carbocycles. The maximum absolute atomic E-state index is 13.2. The van der Waals surface area contributed by atoms with Gasteiger partial charge in [0.2, 0.25) is 0 Å². The molecule has 2 aromatic carbocycles. The maximum Gasteiger partial charge on any atom is 0.278 e. The number of rotatable bonds is 9. The molecular formula is C26H27ClN6OS. The number of hydrogen-bond donors (Lipinski definition) is 1. The van der Waals surface area contributed by atoms with Crippen LogP contribution in [0.15, 0.2) is 59.8 Å². The van der Waals surface area contributed by atoms with Gasteiger partial charge in [0.05, 0.1) is 11.4 Å². The monoisotopic (exact) mass is 506 g/mol. The van der Waals surface area contributed by atoms with E-state index in [1.54, 1.807) is 16.8 Å². The summed E-state index contributed by atoms with van der Waals surface area (Å²) in [5.74, 6) is 0.0977. The molecule has 0 aliphatic rings. The number of aromatic nitrogens is 5. The van der Waals surface area contributed by atoms with E-state index in [-0.39, 0.29) is 11.6 Å². The molecule has 0 radical (unpaired) electrons. The highest BCUT2D eigenvalue weighted by Crippen LogP contribution is 2.25. The quantitative estimate of drug-likeness (QED) is 0.214. The molecule has 4 rings (SSSR count). The van der Waals surface area contributed by atoms with Gasteiger partial charge in [0.15, 0.2) is 10.9 Å². The van der Waals surface area contributed by atoms with Crippen LogP contribution >= 0.6 is 23.4 Å². The van der Waals surface area contributed by atoms with E-state index in [1.165, 1.54) is 17.3 Å². The minimum Gasteiger partial charge on any atom is -0.321 e. The van der Waals surface area contributed by atoms with Crippen LogP contribution in [0.5, 0.6) is 0 Å². The van der Waals surface area contributed by atoms with Crippen LogP contribution in [0.25, 0.3) is 5.69 Å². The van der Waals surface area contributed by atoms with Gasteiger partial charge in [-0.15, -0.1) is 5.10 Å². The number of benzene rings is 2. The van der Waals surface area contributed by atoms with Crippen molar-refractivity contribution in [2.75, 3.05) is 5.32 Å². The lowest BCUT2D eigenvalue weighted by molar-refractivity contribution is 0.102. The lowest BCUT2D eigenvalue weighted by Crippen LogP contribution is -2.15. The van der Waals surface area contributed by atoms with Crippen LogP contribution in [-0.4, -0.2) is 30.9 Å². The molecule has 7 nitrogen and oxygen atoms in total. The summed E-state index contributed by atoms with van der Waals surface area (Å²) in [6.07, 6.45) is 3.32. The van der Waals surface area contributed by atoms with E-state index in [1.807, 2.05) is 56.3 Å². The van der Waals surface area contributed by atoms with Crippen LogP contribution in [0.2, 0.25) is 5.02 Å². The smallest absolute Gasteiger partial charge is 0.278 e. The van der Waals surface area contributed by atoms with E-state index < -0.39 is 0 Å². The lowest BCUT2D eigenvalue weighted by Gasteiger charge is -2.09. The number of anilines is 1. The fourth-order valence-corrected chi connectivity index (χ4v) is 4.68. The summed E-state index contributed by atoms with van der Waals surface area (Å²) in [6, 6.07) is 17.1. The predicted octanol–water partition coefficient (Wildman–Crippen LogP) is 6.21. The first kappa shape index (κ1) is 24.9. The minimum atomic E-state index is -0.316. The van der Waals surface area contributed by atoms with Gasteiger partial charge in [0, 0.05) is 27.9 Å². The Labute approximate surface area is 214 Å². The molecule has 0 atom stereocenters. The van der Waals surface area contributed by atoms with Crippen molar-refractivity contribution < 1.29 is 4.79 Å². The Bertz CT molecular complexity index is 1280. The van der Waals surface area contributed by atoms with E-state index in [0.29, 0.717) is 27.3 Å². The average Bonchev–Trinajstić information content (AvgIpc) is 3.26. The summed E-state index contributed by atoms with van der Waals surface area (Å²) in [5, 5.41) is 12.7. The van der Waals surface area contributed by atoms with E-state index >= 15 is 0 Å². The summed E-state index contributed by atoms with van der Waals surface area (Å²) in [5.41, 5.74) is 5.42. The highest BCUT2D eigenvalue weighted by Gasteiger charge is 2.22. The van der Waals surface area contributed by atoms with Gasteiger partial charge in [-0.05, 0) is 74.7 Å². The summed E-state index contributed by atoms with van der Waals surface area (Å²) in [4.78, 5) is 22.2. The first-order valence-corrected chi connectivity index (χ1v) is 12.8.